The number of fused-ring (bicyclic) bond motifs is 1. The number of anilines is 1. The molecule has 2 aromatic rings. The summed E-state index contributed by atoms with van der Waals surface area (Å²) in [6.45, 7) is 4.47. The molecule has 2 N–H and O–H groups in total. The van der Waals surface area contributed by atoms with E-state index in [0.717, 1.165) is 6.42 Å². The van der Waals surface area contributed by atoms with Gasteiger partial charge in [-0.2, -0.15) is 5.10 Å². The molecule has 2 rings (SSSR count). The molecule has 0 saturated carbocycles. The van der Waals surface area contributed by atoms with Crippen LogP contribution in [0.1, 0.15) is 19.2 Å². The van der Waals surface area contributed by atoms with Gasteiger partial charge in [0.1, 0.15) is 5.82 Å². The normalized spacial score (nSPS) is 10.5. The van der Waals surface area contributed by atoms with E-state index in [0.29, 0.717) is 23.7 Å². The van der Waals surface area contributed by atoms with Crippen LogP contribution < -0.4 is 10.6 Å². The van der Waals surface area contributed by atoms with Gasteiger partial charge in [-0.1, -0.05) is 6.92 Å². The molecule has 6 nitrogen and oxygen atoms in total. The molecule has 0 unspecified atom stereocenters. The monoisotopic (exact) mass is 233 g/mol. The Morgan fingerprint density at radius 3 is 3.12 bits per heavy atom. The molecule has 17 heavy (non-hydrogen) atoms. The number of urea groups is 1. The Bertz CT molecular complexity index is 534. The Labute approximate surface area is 99.0 Å². The van der Waals surface area contributed by atoms with Crippen molar-refractivity contribution in [2.75, 3.05) is 11.9 Å². The first kappa shape index (κ1) is 11.4. The van der Waals surface area contributed by atoms with Crippen LogP contribution in [-0.2, 0) is 0 Å². The number of aryl methyl sites for hydroxylation is 1. The van der Waals surface area contributed by atoms with Crippen molar-refractivity contribution < 1.29 is 4.79 Å². The highest BCUT2D eigenvalue weighted by atomic mass is 16.2. The lowest BCUT2D eigenvalue weighted by Crippen LogP contribution is -2.29. The summed E-state index contributed by atoms with van der Waals surface area (Å²) in [6, 6.07) is 3.39. The van der Waals surface area contributed by atoms with Crippen molar-refractivity contribution in [2.45, 2.75) is 20.3 Å². The summed E-state index contributed by atoms with van der Waals surface area (Å²) >= 11 is 0. The predicted octanol–water partition coefficient (Wildman–Crippen LogP) is 1.57. The molecular formula is C11H15N5O. The van der Waals surface area contributed by atoms with Crippen LogP contribution >= 0.6 is 0 Å². The van der Waals surface area contributed by atoms with E-state index in [-0.39, 0.29) is 6.03 Å². The van der Waals surface area contributed by atoms with E-state index < -0.39 is 0 Å². The first-order valence-corrected chi connectivity index (χ1v) is 5.57. The predicted molar refractivity (Wildman–Crippen MR) is 65.0 cm³/mol. The number of nitrogens with zero attached hydrogens (tertiary/aromatic N) is 3. The highest BCUT2D eigenvalue weighted by Crippen LogP contribution is 2.13. The maximum Gasteiger partial charge on any atom is 0.319 e. The minimum Gasteiger partial charge on any atom is -0.338 e. The van der Waals surface area contributed by atoms with E-state index in [4.69, 9.17) is 0 Å². The SMILES string of the molecule is CCCNC(=O)Nc1cccn2nc(C)nc12. The number of nitrogens with one attached hydrogen (secondary N) is 2. The number of pyridine rings is 1. The minimum atomic E-state index is -0.222. The third-order valence-corrected chi connectivity index (χ3v) is 2.25. The highest BCUT2D eigenvalue weighted by Gasteiger charge is 2.07. The molecule has 0 aliphatic carbocycles. The van der Waals surface area contributed by atoms with Crippen molar-refractivity contribution in [2.24, 2.45) is 0 Å². The first-order chi connectivity index (χ1) is 8.20. The van der Waals surface area contributed by atoms with Crippen molar-refractivity contribution >= 4 is 17.4 Å². The molecule has 2 amide bonds. The van der Waals surface area contributed by atoms with Gasteiger partial charge in [0.2, 0.25) is 0 Å². The van der Waals surface area contributed by atoms with E-state index in [1.807, 2.05) is 19.9 Å². The van der Waals surface area contributed by atoms with Gasteiger partial charge in [0, 0.05) is 12.7 Å². The van der Waals surface area contributed by atoms with Gasteiger partial charge in [0.05, 0.1) is 5.69 Å². The Hall–Kier alpha value is -2.11. The van der Waals surface area contributed by atoms with Gasteiger partial charge in [-0.3, -0.25) is 0 Å². The second-order valence-corrected chi connectivity index (χ2v) is 3.73. The van der Waals surface area contributed by atoms with Crippen LogP contribution in [0.2, 0.25) is 0 Å². The summed E-state index contributed by atoms with van der Waals surface area (Å²) in [4.78, 5) is 15.8. The maximum absolute atomic E-state index is 11.5. The highest BCUT2D eigenvalue weighted by molar-refractivity contribution is 5.92. The van der Waals surface area contributed by atoms with Crippen LogP contribution in [0.5, 0.6) is 0 Å². The molecule has 0 bridgehead atoms. The number of aromatic nitrogens is 3. The molecule has 90 valence electrons. The maximum atomic E-state index is 11.5. The number of rotatable bonds is 3. The number of hydrogen-bond donors (Lipinski definition) is 2. The van der Waals surface area contributed by atoms with Gasteiger partial charge >= 0.3 is 6.03 Å². The van der Waals surface area contributed by atoms with Gasteiger partial charge in [0.25, 0.3) is 0 Å². The molecule has 2 aromatic heterocycles. The van der Waals surface area contributed by atoms with Crippen LogP contribution in [0, 0.1) is 6.92 Å². The molecule has 0 radical (unpaired) electrons. The molecule has 0 aliphatic heterocycles. The van der Waals surface area contributed by atoms with Crippen molar-refractivity contribution in [3.8, 4) is 0 Å². The molecule has 6 heteroatoms. The summed E-state index contributed by atoms with van der Waals surface area (Å²) in [5, 5.41) is 9.68. The topological polar surface area (TPSA) is 71.3 Å². The molecule has 2 heterocycles. The zero-order valence-corrected chi connectivity index (χ0v) is 9.90. The Morgan fingerprint density at radius 1 is 1.53 bits per heavy atom. The van der Waals surface area contributed by atoms with Crippen molar-refractivity contribution in [3.63, 3.8) is 0 Å². The Morgan fingerprint density at radius 2 is 2.35 bits per heavy atom. The zero-order valence-electron chi connectivity index (χ0n) is 9.90. The van der Waals surface area contributed by atoms with Crippen molar-refractivity contribution in [3.05, 3.63) is 24.2 Å². The van der Waals surface area contributed by atoms with Gasteiger partial charge in [0.15, 0.2) is 5.65 Å². The van der Waals surface area contributed by atoms with Gasteiger partial charge < -0.3 is 10.6 Å². The molecule has 0 saturated heterocycles. The Kier molecular flexibility index (Phi) is 3.22. The van der Waals surface area contributed by atoms with Gasteiger partial charge in [-0.25, -0.2) is 14.3 Å². The second kappa shape index (κ2) is 4.82. The van der Waals surface area contributed by atoms with Crippen LogP contribution in [0.4, 0.5) is 10.5 Å². The zero-order chi connectivity index (χ0) is 12.3. The van der Waals surface area contributed by atoms with Crippen molar-refractivity contribution in [1.82, 2.24) is 19.9 Å². The first-order valence-electron chi connectivity index (χ1n) is 5.57. The van der Waals surface area contributed by atoms with E-state index >= 15 is 0 Å². The molecule has 0 aromatic carbocycles. The summed E-state index contributed by atoms with van der Waals surface area (Å²) in [5.74, 6) is 0.674. The summed E-state index contributed by atoms with van der Waals surface area (Å²) in [6.07, 6.45) is 2.70. The molecular weight excluding hydrogens is 218 g/mol. The second-order valence-electron chi connectivity index (χ2n) is 3.73. The standard InChI is InChI=1S/C11H15N5O/c1-3-6-12-11(17)14-9-5-4-7-16-10(9)13-8(2)15-16/h4-5,7H,3,6H2,1-2H3,(H2,12,14,17). The fourth-order valence-electron chi connectivity index (χ4n) is 1.52. The van der Waals surface area contributed by atoms with Gasteiger partial charge in [-0.15, -0.1) is 0 Å². The summed E-state index contributed by atoms with van der Waals surface area (Å²) in [7, 11) is 0. The summed E-state index contributed by atoms with van der Waals surface area (Å²) < 4.78 is 1.64. The van der Waals surface area contributed by atoms with Crippen molar-refractivity contribution in [1.29, 1.82) is 0 Å². The van der Waals surface area contributed by atoms with Crippen LogP contribution in [0.3, 0.4) is 0 Å². The quantitative estimate of drug-likeness (QED) is 0.845. The number of carbonyl (C=O) groups is 1. The Balaban J connectivity index is 2.20. The number of hydrogen-bond acceptors (Lipinski definition) is 3. The average Bonchev–Trinajstić information content (AvgIpc) is 2.68. The smallest absolute Gasteiger partial charge is 0.319 e. The minimum absolute atomic E-state index is 0.222. The lowest BCUT2D eigenvalue weighted by Gasteiger charge is -2.06. The number of amides is 2. The molecule has 0 atom stereocenters. The van der Waals surface area contributed by atoms with Crippen LogP contribution in [0.15, 0.2) is 18.3 Å². The lowest BCUT2D eigenvalue weighted by molar-refractivity contribution is 0.252. The number of carbonyl (C=O) groups excluding carboxylic acids is 1. The molecule has 0 aliphatic rings. The van der Waals surface area contributed by atoms with Gasteiger partial charge in [-0.05, 0) is 25.5 Å². The third kappa shape index (κ3) is 2.52. The van der Waals surface area contributed by atoms with E-state index in [1.165, 1.54) is 0 Å². The fourth-order valence-corrected chi connectivity index (χ4v) is 1.52. The molecule has 0 fully saturated rings. The molecule has 0 spiro atoms. The van der Waals surface area contributed by atoms with E-state index in [1.54, 1.807) is 16.8 Å². The largest absolute Gasteiger partial charge is 0.338 e. The third-order valence-electron chi connectivity index (χ3n) is 2.25. The summed E-state index contributed by atoms with van der Waals surface area (Å²) in [5.41, 5.74) is 1.30. The average molecular weight is 233 g/mol. The van der Waals surface area contributed by atoms with Crippen LogP contribution in [0.25, 0.3) is 5.65 Å². The van der Waals surface area contributed by atoms with Crippen LogP contribution in [-0.4, -0.2) is 27.2 Å². The fraction of sp³-hybridized carbons (Fsp3) is 0.364. The van der Waals surface area contributed by atoms with E-state index in [9.17, 15) is 4.79 Å². The van der Waals surface area contributed by atoms with E-state index in [2.05, 4.69) is 20.7 Å². The lowest BCUT2D eigenvalue weighted by atomic mass is 10.4.